The Morgan fingerprint density at radius 2 is 1.47 bits per heavy atom. The molecule has 0 aromatic heterocycles. The summed E-state index contributed by atoms with van der Waals surface area (Å²) in [6, 6.07) is 12.5. The Kier molecular flexibility index (Phi) is 5.94. The zero-order valence-corrected chi connectivity index (χ0v) is 17.8. The smallest absolute Gasteiger partial charge is 0.221 e. The van der Waals surface area contributed by atoms with E-state index in [4.69, 9.17) is 20.9 Å². The molecule has 0 bridgehead atoms. The Labute approximate surface area is 183 Å². The van der Waals surface area contributed by atoms with Gasteiger partial charge in [0.05, 0.1) is 13.2 Å². The Morgan fingerprint density at radius 1 is 0.900 bits per heavy atom. The molecule has 2 aliphatic heterocycles. The molecule has 2 unspecified atom stereocenters. The molecule has 2 saturated carbocycles. The van der Waals surface area contributed by atoms with Gasteiger partial charge in [-0.2, -0.15) is 0 Å². The fraction of sp³-hybridized carbons (Fsp3) is 0.458. The molecule has 6 rings (SSSR count). The van der Waals surface area contributed by atoms with Crippen LogP contribution in [0.2, 0.25) is 0 Å². The number of amides is 1. The summed E-state index contributed by atoms with van der Waals surface area (Å²) in [4.78, 5) is 11.0. The van der Waals surface area contributed by atoms with E-state index in [0.717, 1.165) is 62.4 Å². The summed E-state index contributed by atoms with van der Waals surface area (Å²) in [5, 5.41) is 0. The minimum atomic E-state index is -0.170. The third-order valence-electron chi connectivity index (χ3n) is 6.74. The first-order valence-corrected chi connectivity index (χ1v) is 10.7. The predicted molar refractivity (Wildman–Crippen MR) is 118 cm³/mol. The first kappa shape index (κ1) is 21.0. The van der Waals surface area contributed by atoms with Crippen molar-refractivity contribution in [2.75, 3.05) is 19.8 Å². The summed E-state index contributed by atoms with van der Waals surface area (Å²) in [7, 11) is 0. The van der Waals surface area contributed by atoms with Gasteiger partial charge in [-0.25, -0.2) is 0 Å². The SMILES string of the molecule is Cl.NC(=O)[C@@H]1CC1c1cccc2c1CCO2.NC[C@@H]1CC1c1cccc2c1CCO2. The third kappa shape index (κ3) is 3.88. The maximum atomic E-state index is 11.0. The number of carbonyl (C=O) groups is 1. The second-order valence-electron chi connectivity index (χ2n) is 8.53. The van der Waals surface area contributed by atoms with Crippen LogP contribution in [0.15, 0.2) is 36.4 Å². The average Bonchev–Trinajstić information content (AvgIpc) is 3.59. The number of halogens is 1. The lowest BCUT2D eigenvalue weighted by molar-refractivity contribution is -0.119. The van der Waals surface area contributed by atoms with Gasteiger partial charge in [-0.1, -0.05) is 24.3 Å². The number of primary amides is 1. The topological polar surface area (TPSA) is 87.6 Å². The highest BCUT2D eigenvalue weighted by molar-refractivity contribution is 5.85. The molecule has 2 aromatic rings. The van der Waals surface area contributed by atoms with E-state index >= 15 is 0 Å². The van der Waals surface area contributed by atoms with Gasteiger partial charge in [-0.3, -0.25) is 4.79 Å². The van der Waals surface area contributed by atoms with E-state index in [1.165, 1.54) is 28.7 Å². The van der Waals surface area contributed by atoms with Gasteiger partial charge >= 0.3 is 0 Å². The Balaban J connectivity index is 0.000000141. The molecular formula is C24H29ClN2O3. The molecule has 2 aromatic carbocycles. The van der Waals surface area contributed by atoms with Gasteiger partial charge < -0.3 is 20.9 Å². The second kappa shape index (κ2) is 8.48. The summed E-state index contributed by atoms with van der Waals surface area (Å²) in [5.41, 5.74) is 16.5. The highest BCUT2D eigenvalue weighted by atomic mass is 35.5. The second-order valence-corrected chi connectivity index (χ2v) is 8.53. The summed E-state index contributed by atoms with van der Waals surface area (Å²) in [6.07, 6.45) is 4.23. The van der Waals surface area contributed by atoms with Crippen molar-refractivity contribution in [2.24, 2.45) is 23.3 Å². The van der Waals surface area contributed by atoms with E-state index < -0.39 is 0 Å². The monoisotopic (exact) mass is 428 g/mol. The van der Waals surface area contributed by atoms with Gasteiger partial charge in [-0.05, 0) is 60.4 Å². The summed E-state index contributed by atoms with van der Waals surface area (Å²) < 4.78 is 11.1. The molecule has 2 aliphatic carbocycles. The molecule has 0 radical (unpaired) electrons. The van der Waals surface area contributed by atoms with E-state index in [1.807, 2.05) is 12.1 Å². The Bertz CT molecular complexity index is 948. The van der Waals surface area contributed by atoms with Gasteiger partial charge in [0.25, 0.3) is 0 Å². The van der Waals surface area contributed by atoms with Crippen molar-refractivity contribution in [1.29, 1.82) is 0 Å². The van der Waals surface area contributed by atoms with Crippen LogP contribution in [0.25, 0.3) is 0 Å². The van der Waals surface area contributed by atoms with Gasteiger partial charge in [0.2, 0.25) is 5.91 Å². The van der Waals surface area contributed by atoms with Crippen molar-refractivity contribution in [1.82, 2.24) is 0 Å². The number of hydrogen-bond donors (Lipinski definition) is 2. The van der Waals surface area contributed by atoms with Crippen LogP contribution in [0.5, 0.6) is 11.5 Å². The average molecular weight is 429 g/mol. The van der Waals surface area contributed by atoms with Crippen molar-refractivity contribution >= 4 is 18.3 Å². The highest BCUT2D eigenvalue weighted by Gasteiger charge is 2.44. The van der Waals surface area contributed by atoms with Crippen molar-refractivity contribution < 1.29 is 14.3 Å². The summed E-state index contributed by atoms with van der Waals surface area (Å²) in [6.45, 7) is 2.45. The Morgan fingerprint density at radius 3 is 1.93 bits per heavy atom. The van der Waals surface area contributed by atoms with Crippen LogP contribution in [0, 0.1) is 11.8 Å². The van der Waals surface area contributed by atoms with Crippen LogP contribution in [0.4, 0.5) is 0 Å². The Hall–Kier alpha value is -2.24. The van der Waals surface area contributed by atoms with Crippen LogP contribution >= 0.6 is 12.4 Å². The molecule has 30 heavy (non-hydrogen) atoms. The van der Waals surface area contributed by atoms with Crippen molar-refractivity contribution in [3.63, 3.8) is 0 Å². The number of benzene rings is 2. The van der Waals surface area contributed by atoms with Gasteiger partial charge in [0.15, 0.2) is 0 Å². The number of fused-ring (bicyclic) bond motifs is 2. The lowest BCUT2D eigenvalue weighted by Gasteiger charge is -2.05. The third-order valence-corrected chi connectivity index (χ3v) is 6.74. The van der Waals surface area contributed by atoms with E-state index in [2.05, 4.69) is 24.3 Å². The normalized spacial score (nSPS) is 26.7. The summed E-state index contributed by atoms with van der Waals surface area (Å²) in [5.74, 6) is 3.76. The maximum absolute atomic E-state index is 11.0. The molecule has 4 aliphatic rings. The van der Waals surface area contributed by atoms with Crippen molar-refractivity contribution in [2.45, 2.75) is 37.5 Å². The first-order chi connectivity index (χ1) is 14.2. The summed E-state index contributed by atoms with van der Waals surface area (Å²) >= 11 is 0. The molecule has 4 atom stereocenters. The molecule has 0 saturated heterocycles. The van der Waals surface area contributed by atoms with Crippen LogP contribution in [-0.2, 0) is 17.6 Å². The van der Waals surface area contributed by atoms with Crippen LogP contribution < -0.4 is 20.9 Å². The zero-order valence-electron chi connectivity index (χ0n) is 17.0. The molecule has 4 N–H and O–H groups in total. The van der Waals surface area contributed by atoms with E-state index in [9.17, 15) is 4.79 Å². The number of ether oxygens (including phenoxy) is 2. The first-order valence-electron chi connectivity index (χ1n) is 10.7. The van der Waals surface area contributed by atoms with E-state index in [-0.39, 0.29) is 24.2 Å². The molecule has 1 amide bonds. The molecular weight excluding hydrogens is 400 g/mol. The number of rotatable bonds is 4. The number of carbonyl (C=O) groups excluding carboxylic acids is 1. The molecule has 0 spiro atoms. The lowest BCUT2D eigenvalue weighted by atomic mass is 10.00. The quantitative estimate of drug-likeness (QED) is 0.781. The molecule has 6 heteroatoms. The van der Waals surface area contributed by atoms with Gasteiger partial charge in [0.1, 0.15) is 11.5 Å². The number of nitrogens with two attached hydrogens (primary N) is 2. The van der Waals surface area contributed by atoms with Crippen LogP contribution in [0.1, 0.15) is 46.9 Å². The number of hydrogen-bond acceptors (Lipinski definition) is 4. The lowest BCUT2D eigenvalue weighted by Crippen LogP contribution is -2.13. The molecule has 160 valence electrons. The fourth-order valence-electron chi connectivity index (χ4n) is 4.93. The van der Waals surface area contributed by atoms with E-state index in [0.29, 0.717) is 5.92 Å². The maximum Gasteiger partial charge on any atom is 0.221 e. The van der Waals surface area contributed by atoms with Crippen molar-refractivity contribution in [3.05, 3.63) is 58.7 Å². The van der Waals surface area contributed by atoms with Gasteiger partial charge in [-0.15, -0.1) is 12.4 Å². The highest BCUT2D eigenvalue weighted by Crippen LogP contribution is 2.51. The molecule has 5 nitrogen and oxygen atoms in total. The zero-order chi connectivity index (χ0) is 20.0. The van der Waals surface area contributed by atoms with Crippen molar-refractivity contribution in [3.8, 4) is 11.5 Å². The van der Waals surface area contributed by atoms with Gasteiger partial charge in [0, 0.05) is 29.9 Å². The van der Waals surface area contributed by atoms with Crippen LogP contribution in [0.3, 0.4) is 0 Å². The molecule has 2 heterocycles. The molecule has 2 fully saturated rings. The minimum Gasteiger partial charge on any atom is -0.493 e. The van der Waals surface area contributed by atoms with Crippen LogP contribution in [-0.4, -0.2) is 25.7 Å². The fourth-order valence-corrected chi connectivity index (χ4v) is 4.93. The predicted octanol–water partition coefficient (Wildman–Crippen LogP) is 3.32. The van der Waals surface area contributed by atoms with E-state index in [1.54, 1.807) is 0 Å². The standard InChI is InChI=1S/C12H13NO2.C12H15NO.ClH/c13-12(14)10-6-9(10)7-2-1-3-11-8(7)4-5-15-11;13-7-8-6-11(8)9-2-1-3-12-10(9)4-5-14-12;/h1-3,9-10H,4-6H2,(H2,13,14);1-3,8,11H,4-7,13H2;1H/t9?,10-;8-,11?;/m10./s1. The largest absolute Gasteiger partial charge is 0.493 e. The minimum absolute atomic E-state index is 0.